The van der Waals surface area contributed by atoms with Crippen molar-refractivity contribution in [3.8, 4) is 0 Å². The first-order chi connectivity index (χ1) is 10.0. The predicted molar refractivity (Wildman–Crippen MR) is 84.6 cm³/mol. The molecule has 1 aliphatic rings. The van der Waals surface area contributed by atoms with E-state index in [1.165, 1.54) is 5.56 Å². The molecule has 0 radical (unpaired) electrons. The number of aromatic nitrogens is 2. The molecule has 0 aliphatic heterocycles. The Kier molecular flexibility index (Phi) is 3.80. The molecular weight excluding hydrogens is 284 g/mol. The molecule has 1 unspecified atom stereocenters. The minimum absolute atomic E-state index is 0.514. The van der Waals surface area contributed by atoms with Gasteiger partial charge in [-0.2, -0.15) is 5.10 Å². The molecule has 112 valence electrons. The first kappa shape index (κ1) is 14.6. The number of rotatable bonds is 2. The van der Waals surface area contributed by atoms with E-state index in [9.17, 15) is 5.11 Å². The maximum Gasteiger partial charge on any atom is 0.0954 e. The normalized spacial score (nSPS) is 21.9. The Labute approximate surface area is 130 Å². The smallest absolute Gasteiger partial charge is 0.0954 e. The van der Waals surface area contributed by atoms with Gasteiger partial charge in [-0.05, 0) is 43.7 Å². The number of hydrogen-bond acceptors (Lipinski definition) is 2. The fourth-order valence-electron chi connectivity index (χ4n) is 3.39. The first-order valence-corrected chi connectivity index (χ1v) is 7.88. The zero-order valence-electron chi connectivity index (χ0n) is 12.6. The molecule has 4 heteroatoms. The fourth-order valence-corrected chi connectivity index (χ4v) is 3.62. The summed E-state index contributed by atoms with van der Waals surface area (Å²) in [4.78, 5) is 0. The number of aryl methyl sites for hydroxylation is 3. The molecule has 1 aromatic carbocycles. The summed E-state index contributed by atoms with van der Waals surface area (Å²) in [6.45, 7) is 1.90. The number of aliphatic hydroxyl groups is 1. The van der Waals surface area contributed by atoms with Gasteiger partial charge in [0, 0.05) is 13.5 Å². The van der Waals surface area contributed by atoms with Crippen molar-refractivity contribution in [2.45, 2.75) is 44.6 Å². The van der Waals surface area contributed by atoms with Gasteiger partial charge in [0.25, 0.3) is 0 Å². The summed E-state index contributed by atoms with van der Waals surface area (Å²) in [6, 6.07) is 8.23. The van der Waals surface area contributed by atoms with Gasteiger partial charge in [-0.3, -0.25) is 4.68 Å². The van der Waals surface area contributed by atoms with Crippen LogP contribution in [0.3, 0.4) is 0 Å². The van der Waals surface area contributed by atoms with Crippen molar-refractivity contribution in [2.75, 3.05) is 0 Å². The lowest BCUT2D eigenvalue weighted by Gasteiger charge is -2.29. The van der Waals surface area contributed by atoms with Crippen LogP contribution in [0, 0.1) is 6.92 Å². The van der Waals surface area contributed by atoms with E-state index >= 15 is 0 Å². The van der Waals surface area contributed by atoms with Crippen LogP contribution in [0.4, 0.5) is 0 Å². The van der Waals surface area contributed by atoms with Gasteiger partial charge in [-0.15, -0.1) is 0 Å². The molecule has 0 saturated heterocycles. The van der Waals surface area contributed by atoms with Gasteiger partial charge in [0.2, 0.25) is 0 Å². The summed E-state index contributed by atoms with van der Waals surface area (Å²) in [5.74, 6) is 0. The molecule has 0 fully saturated rings. The maximum atomic E-state index is 11.3. The number of halogens is 1. The Morgan fingerprint density at radius 1 is 1.33 bits per heavy atom. The molecule has 0 amide bonds. The molecule has 1 aromatic heterocycles. The van der Waals surface area contributed by atoms with Crippen molar-refractivity contribution < 1.29 is 5.11 Å². The van der Waals surface area contributed by atoms with E-state index in [1.54, 1.807) is 4.68 Å². The van der Waals surface area contributed by atoms with Crippen molar-refractivity contribution in [3.05, 3.63) is 51.8 Å². The van der Waals surface area contributed by atoms with E-state index in [-0.39, 0.29) is 0 Å². The number of hydrogen-bond donors (Lipinski definition) is 1. The van der Waals surface area contributed by atoms with Crippen LogP contribution < -0.4 is 0 Å². The Balaban J connectivity index is 2.04. The zero-order chi connectivity index (χ0) is 15.0. The third-order valence-corrected chi connectivity index (χ3v) is 5.02. The first-order valence-electron chi connectivity index (χ1n) is 7.50. The van der Waals surface area contributed by atoms with Crippen molar-refractivity contribution in [1.29, 1.82) is 0 Å². The SMILES string of the molecule is Cc1nn(C)c(CC2(O)CCCCc3ccccc32)c1Cl. The Morgan fingerprint density at radius 2 is 2.10 bits per heavy atom. The molecule has 0 bridgehead atoms. The van der Waals surface area contributed by atoms with E-state index in [1.807, 2.05) is 26.1 Å². The average molecular weight is 305 g/mol. The molecule has 1 N–H and O–H groups in total. The lowest BCUT2D eigenvalue weighted by Crippen LogP contribution is -2.30. The monoisotopic (exact) mass is 304 g/mol. The second-order valence-electron chi connectivity index (χ2n) is 6.04. The predicted octanol–water partition coefficient (Wildman–Crippen LogP) is 3.54. The molecule has 1 atom stereocenters. The van der Waals surface area contributed by atoms with Gasteiger partial charge < -0.3 is 5.11 Å². The molecule has 3 rings (SSSR count). The lowest BCUT2D eigenvalue weighted by molar-refractivity contribution is 0.0254. The highest BCUT2D eigenvalue weighted by Crippen LogP contribution is 2.38. The Morgan fingerprint density at radius 3 is 2.81 bits per heavy atom. The third kappa shape index (κ3) is 2.60. The molecule has 2 aromatic rings. The van der Waals surface area contributed by atoms with E-state index in [2.05, 4.69) is 17.2 Å². The minimum Gasteiger partial charge on any atom is -0.385 e. The van der Waals surface area contributed by atoms with E-state index in [0.29, 0.717) is 11.4 Å². The van der Waals surface area contributed by atoms with Gasteiger partial charge >= 0.3 is 0 Å². The van der Waals surface area contributed by atoms with E-state index in [0.717, 1.165) is 42.6 Å². The largest absolute Gasteiger partial charge is 0.385 e. The highest BCUT2D eigenvalue weighted by atomic mass is 35.5. The van der Waals surface area contributed by atoms with Crippen molar-refractivity contribution >= 4 is 11.6 Å². The van der Waals surface area contributed by atoms with Crippen LogP contribution in [-0.2, 0) is 25.5 Å². The van der Waals surface area contributed by atoms with Gasteiger partial charge in [0.15, 0.2) is 0 Å². The molecule has 3 nitrogen and oxygen atoms in total. The summed E-state index contributed by atoms with van der Waals surface area (Å²) in [5.41, 5.74) is 3.19. The van der Waals surface area contributed by atoms with E-state index in [4.69, 9.17) is 11.6 Å². The standard InChI is InChI=1S/C17H21ClN2O/c1-12-16(18)15(20(2)19-12)11-17(21)10-6-5-8-13-7-3-4-9-14(13)17/h3-4,7,9,21H,5-6,8,10-11H2,1-2H3. The zero-order valence-corrected chi connectivity index (χ0v) is 13.3. The Hall–Kier alpha value is -1.32. The number of nitrogens with zero attached hydrogens (tertiary/aromatic N) is 2. The highest BCUT2D eigenvalue weighted by Gasteiger charge is 2.34. The quantitative estimate of drug-likeness (QED) is 0.862. The van der Waals surface area contributed by atoms with Crippen molar-refractivity contribution in [3.63, 3.8) is 0 Å². The van der Waals surface area contributed by atoms with Gasteiger partial charge in [-0.1, -0.05) is 35.9 Å². The second-order valence-corrected chi connectivity index (χ2v) is 6.42. The van der Waals surface area contributed by atoms with Crippen molar-refractivity contribution in [2.24, 2.45) is 7.05 Å². The molecular formula is C17H21ClN2O. The molecule has 0 saturated carbocycles. The van der Waals surface area contributed by atoms with Crippen LogP contribution in [0.5, 0.6) is 0 Å². The third-order valence-electron chi connectivity index (χ3n) is 4.53. The average Bonchev–Trinajstić information content (AvgIpc) is 2.64. The summed E-state index contributed by atoms with van der Waals surface area (Å²) >= 11 is 6.37. The summed E-state index contributed by atoms with van der Waals surface area (Å²) in [5, 5.41) is 16.3. The van der Waals surface area contributed by atoms with Gasteiger partial charge in [0.05, 0.1) is 22.0 Å². The van der Waals surface area contributed by atoms with Crippen molar-refractivity contribution in [1.82, 2.24) is 9.78 Å². The van der Waals surface area contributed by atoms with Crippen LogP contribution in [-0.4, -0.2) is 14.9 Å². The van der Waals surface area contributed by atoms with Crippen LogP contribution in [0.1, 0.15) is 41.8 Å². The van der Waals surface area contributed by atoms with Crippen LogP contribution in [0.25, 0.3) is 0 Å². The summed E-state index contributed by atoms with van der Waals surface area (Å²) in [7, 11) is 1.89. The molecule has 1 heterocycles. The number of benzene rings is 1. The summed E-state index contributed by atoms with van der Waals surface area (Å²) < 4.78 is 1.79. The maximum absolute atomic E-state index is 11.3. The van der Waals surface area contributed by atoms with E-state index < -0.39 is 5.60 Å². The summed E-state index contributed by atoms with van der Waals surface area (Å²) in [6.07, 6.45) is 4.47. The Bertz CT molecular complexity index is 665. The lowest BCUT2D eigenvalue weighted by atomic mass is 9.84. The van der Waals surface area contributed by atoms with Crippen LogP contribution >= 0.6 is 11.6 Å². The minimum atomic E-state index is -0.850. The number of fused-ring (bicyclic) bond motifs is 1. The van der Waals surface area contributed by atoms with Gasteiger partial charge in [0.1, 0.15) is 0 Å². The second kappa shape index (κ2) is 5.47. The fraction of sp³-hybridized carbons (Fsp3) is 0.471. The molecule has 0 spiro atoms. The molecule has 21 heavy (non-hydrogen) atoms. The van der Waals surface area contributed by atoms with Gasteiger partial charge in [-0.25, -0.2) is 0 Å². The van der Waals surface area contributed by atoms with Crippen LogP contribution in [0.2, 0.25) is 5.02 Å². The van der Waals surface area contributed by atoms with Crippen LogP contribution in [0.15, 0.2) is 24.3 Å². The molecule has 1 aliphatic carbocycles. The topological polar surface area (TPSA) is 38.0 Å². The highest BCUT2D eigenvalue weighted by molar-refractivity contribution is 6.31.